The van der Waals surface area contributed by atoms with Crippen molar-refractivity contribution >= 4 is 11.7 Å². The quantitative estimate of drug-likeness (QED) is 0.742. The van der Waals surface area contributed by atoms with Crippen molar-refractivity contribution in [2.24, 2.45) is 7.05 Å². The van der Waals surface area contributed by atoms with Crippen molar-refractivity contribution in [2.45, 2.75) is 6.42 Å². The lowest BCUT2D eigenvalue weighted by Crippen LogP contribution is -2.21. The lowest BCUT2D eigenvalue weighted by Gasteiger charge is -2.08. The maximum absolute atomic E-state index is 11.3. The summed E-state index contributed by atoms with van der Waals surface area (Å²) in [6, 6.07) is 1.65. The predicted octanol–water partition coefficient (Wildman–Crippen LogP) is 0.110. The molecule has 1 aromatic heterocycles. The lowest BCUT2D eigenvalue weighted by atomic mass is 10.4. The van der Waals surface area contributed by atoms with E-state index in [4.69, 9.17) is 0 Å². The number of carbonyl (C=O) groups is 1. The van der Waals surface area contributed by atoms with E-state index >= 15 is 0 Å². The Morgan fingerprint density at radius 3 is 2.93 bits per heavy atom. The first-order valence-corrected chi connectivity index (χ1v) is 4.44. The predicted molar refractivity (Wildman–Crippen MR) is 53.8 cm³/mol. The number of hydrogen-bond donors (Lipinski definition) is 1. The monoisotopic (exact) mass is 195 g/mol. The van der Waals surface area contributed by atoms with Gasteiger partial charge < -0.3 is 10.2 Å². The van der Waals surface area contributed by atoms with E-state index in [9.17, 15) is 4.79 Å². The second-order valence-corrected chi connectivity index (χ2v) is 3.38. The average Bonchev–Trinajstić information content (AvgIpc) is 2.48. The molecule has 0 saturated heterocycles. The molecular formula is C9H15N4O. The molecule has 0 aliphatic rings. The summed E-state index contributed by atoms with van der Waals surface area (Å²) in [6.45, 7) is 0.738. The molecule has 0 aromatic carbocycles. The van der Waals surface area contributed by atoms with Crippen LogP contribution in [0.5, 0.6) is 0 Å². The van der Waals surface area contributed by atoms with Gasteiger partial charge in [-0.2, -0.15) is 5.10 Å². The van der Waals surface area contributed by atoms with Crippen LogP contribution in [0.2, 0.25) is 0 Å². The molecular weight excluding hydrogens is 180 g/mol. The molecule has 0 bridgehead atoms. The molecule has 0 spiro atoms. The van der Waals surface area contributed by atoms with Gasteiger partial charge in [-0.05, 0) is 14.1 Å². The van der Waals surface area contributed by atoms with Crippen LogP contribution in [0.15, 0.2) is 6.07 Å². The van der Waals surface area contributed by atoms with Crippen LogP contribution in [0.1, 0.15) is 6.42 Å². The first-order chi connectivity index (χ1) is 6.58. The van der Waals surface area contributed by atoms with E-state index < -0.39 is 0 Å². The fourth-order valence-corrected chi connectivity index (χ4v) is 0.965. The second kappa shape index (κ2) is 4.76. The molecule has 0 saturated carbocycles. The van der Waals surface area contributed by atoms with Gasteiger partial charge in [-0.3, -0.25) is 9.48 Å². The molecule has 1 amide bonds. The molecule has 0 unspecified atom stereocenters. The normalized spacial score (nSPS) is 10.6. The van der Waals surface area contributed by atoms with Gasteiger partial charge in [0.2, 0.25) is 5.91 Å². The van der Waals surface area contributed by atoms with Crippen molar-refractivity contribution in [2.75, 3.05) is 26.0 Å². The summed E-state index contributed by atoms with van der Waals surface area (Å²) < 4.78 is 1.53. The zero-order valence-corrected chi connectivity index (χ0v) is 8.74. The number of anilines is 1. The van der Waals surface area contributed by atoms with Crippen LogP contribution in [0.3, 0.4) is 0 Å². The Hall–Kier alpha value is -1.36. The molecule has 77 valence electrons. The molecule has 1 heterocycles. The summed E-state index contributed by atoms with van der Waals surface area (Å²) >= 11 is 0. The van der Waals surface area contributed by atoms with Crippen molar-refractivity contribution in [3.8, 4) is 0 Å². The SMILES string of the molecule is CN(C)CCC(=O)Nc1c[c]n(C)n1. The highest BCUT2D eigenvalue weighted by atomic mass is 16.1. The lowest BCUT2D eigenvalue weighted by molar-refractivity contribution is -0.116. The van der Waals surface area contributed by atoms with Gasteiger partial charge in [-0.1, -0.05) is 0 Å². The Morgan fingerprint density at radius 2 is 2.43 bits per heavy atom. The second-order valence-electron chi connectivity index (χ2n) is 3.38. The molecule has 5 heteroatoms. The van der Waals surface area contributed by atoms with Crippen LogP contribution in [-0.4, -0.2) is 41.2 Å². The Labute approximate surface area is 83.7 Å². The van der Waals surface area contributed by atoms with Gasteiger partial charge in [0.15, 0.2) is 5.82 Å². The minimum absolute atomic E-state index is 0.0224. The largest absolute Gasteiger partial charge is 0.309 e. The summed E-state index contributed by atoms with van der Waals surface area (Å²) in [5.74, 6) is 0.530. The van der Waals surface area contributed by atoms with Crippen LogP contribution >= 0.6 is 0 Å². The molecule has 14 heavy (non-hydrogen) atoms. The van der Waals surface area contributed by atoms with E-state index in [0.717, 1.165) is 6.54 Å². The number of aryl methyl sites for hydroxylation is 1. The molecule has 5 nitrogen and oxygen atoms in total. The number of amides is 1. The third-order valence-electron chi connectivity index (χ3n) is 1.70. The number of rotatable bonds is 4. The smallest absolute Gasteiger partial charge is 0.226 e. The highest BCUT2D eigenvalue weighted by Crippen LogP contribution is 2.00. The van der Waals surface area contributed by atoms with E-state index in [2.05, 4.69) is 16.6 Å². The number of nitrogens with one attached hydrogen (secondary N) is 1. The Bertz CT molecular complexity index is 306. The molecule has 1 N–H and O–H groups in total. The van der Waals surface area contributed by atoms with Gasteiger partial charge >= 0.3 is 0 Å². The minimum Gasteiger partial charge on any atom is -0.309 e. The molecule has 0 fully saturated rings. The Kier molecular flexibility index (Phi) is 3.64. The van der Waals surface area contributed by atoms with E-state index in [-0.39, 0.29) is 5.91 Å². The van der Waals surface area contributed by atoms with Crippen LogP contribution in [0.25, 0.3) is 0 Å². The van der Waals surface area contributed by atoms with E-state index in [1.807, 2.05) is 19.0 Å². The highest BCUT2D eigenvalue weighted by Gasteiger charge is 2.04. The zero-order valence-electron chi connectivity index (χ0n) is 8.74. The molecule has 0 aliphatic heterocycles. The summed E-state index contributed by atoms with van der Waals surface area (Å²) in [4.78, 5) is 13.3. The first-order valence-electron chi connectivity index (χ1n) is 4.44. The maximum atomic E-state index is 11.3. The molecule has 0 aliphatic carbocycles. The van der Waals surface area contributed by atoms with Gasteiger partial charge in [0.1, 0.15) is 0 Å². The van der Waals surface area contributed by atoms with E-state index in [0.29, 0.717) is 12.2 Å². The molecule has 1 radical (unpaired) electrons. The van der Waals surface area contributed by atoms with Crippen LogP contribution in [-0.2, 0) is 11.8 Å². The van der Waals surface area contributed by atoms with Crippen molar-refractivity contribution < 1.29 is 4.79 Å². The van der Waals surface area contributed by atoms with Crippen LogP contribution in [0, 0.1) is 6.20 Å². The fourth-order valence-electron chi connectivity index (χ4n) is 0.965. The number of nitrogens with zero attached hydrogens (tertiary/aromatic N) is 3. The topological polar surface area (TPSA) is 50.2 Å². The van der Waals surface area contributed by atoms with Gasteiger partial charge in [-0.15, -0.1) is 0 Å². The van der Waals surface area contributed by atoms with Crippen molar-refractivity contribution in [1.29, 1.82) is 0 Å². The summed E-state index contributed by atoms with van der Waals surface area (Å²) in [5, 5.41) is 6.68. The summed E-state index contributed by atoms with van der Waals surface area (Å²) in [7, 11) is 5.62. The first kappa shape index (κ1) is 10.7. The molecule has 1 aromatic rings. The minimum atomic E-state index is -0.0224. The zero-order chi connectivity index (χ0) is 10.6. The van der Waals surface area contributed by atoms with Crippen LogP contribution < -0.4 is 5.32 Å². The third kappa shape index (κ3) is 3.57. The van der Waals surface area contributed by atoms with Gasteiger partial charge in [0.25, 0.3) is 0 Å². The molecule has 0 atom stereocenters. The van der Waals surface area contributed by atoms with Crippen LogP contribution in [0.4, 0.5) is 5.82 Å². The van der Waals surface area contributed by atoms with E-state index in [1.54, 1.807) is 13.1 Å². The highest BCUT2D eigenvalue weighted by molar-refractivity contribution is 5.89. The number of carbonyl (C=O) groups excluding carboxylic acids is 1. The van der Waals surface area contributed by atoms with Crippen molar-refractivity contribution in [3.05, 3.63) is 12.3 Å². The third-order valence-corrected chi connectivity index (χ3v) is 1.70. The summed E-state index contributed by atoms with van der Waals surface area (Å²) in [5.41, 5.74) is 0. The summed E-state index contributed by atoms with van der Waals surface area (Å²) in [6.07, 6.45) is 3.30. The van der Waals surface area contributed by atoms with Gasteiger partial charge in [0.05, 0.1) is 6.20 Å². The average molecular weight is 195 g/mol. The van der Waals surface area contributed by atoms with E-state index in [1.165, 1.54) is 4.68 Å². The Balaban J connectivity index is 2.34. The standard InChI is InChI=1S/C9H15N4O/c1-12(2)6-5-9(14)10-8-4-7-13(3)11-8/h4H,5-6H2,1-3H3,(H,10,11,14). The number of hydrogen-bond acceptors (Lipinski definition) is 3. The molecule has 1 rings (SSSR count). The maximum Gasteiger partial charge on any atom is 0.226 e. The Morgan fingerprint density at radius 1 is 1.71 bits per heavy atom. The van der Waals surface area contributed by atoms with Crippen molar-refractivity contribution in [3.63, 3.8) is 0 Å². The van der Waals surface area contributed by atoms with Gasteiger partial charge in [-0.25, -0.2) is 0 Å². The fraction of sp³-hybridized carbons (Fsp3) is 0.556. The van der Waals surface area contributed by atoms with Crippen molar-refractivity contribution in [1.82, 2.24) is 14.7 Å². The van der Waals surface area contributed by atoms with Gasteiger partial charge in [0, 0.05) is 26.1 Å². The number of aromatic nitrogens is 2.